The summed E-state index contributed by atoms with van der Waals surface area (Å²) in [7, 11) is -2.87. The van der Waals surface area contributed by atoms with Crippen LogP contribution in [0.2, 0.25) is 10.1 Å². The Bertz CT molecular complexity index is 1310. The minimum absolute atomic E-state index is 0.203. The number of carbonyl (C=O) groups is 1. The molecule has 0 radical (unpaired) electrons. The van der Waals surface area contributed by atoms with Gasteiger partial charge in [-0.3, -0.25) is 14.3 Å². The molecule has 0 saturated carbocycles. The van der Waals surface area contributed by atoms with Crippen molar-refractivity contribution in [3.63, 3.8) is 0 Å². The maximum Gasteiger partial charge on any atom is 0.349 e. The van der Waals surface area contributed by atoms with Gasteiger partial charge in [0.05, 0.1) is 12.9 Å². The molecule has 1 amide bonds. The predicted molar refractivity (Wildman–Crippen MR) is 144 cm³/mol. The lowest BCUT2D eigenvalue weighted by molar-refractivity contribution is -0.0794. The van der Waals surface area contributed by atoms with Crippen LogP contribution in [0.25, 0.3) is 11.2 Å². The van der Waals surface area contributed by atoms with Crippen LogP contribution < -0.4 is 4.90 Å². The van der Waals surface area contributed by atoms with Crippen LogP contribution in [0.3, 0.4) is 0 Å². The lowest BCUT2D eigenvalue weighted by atomic mass is 10.1. The zero-order valence-corrected chi connectivity index (χ0v) is 24.0. The van der Waals surface area contributed by atoms with Gasteiger partial charge in [-0.25, -0.2) is 19.3 Å². The number of fused-ring (bicyclic) bond motifs is 2. The van der Waals surface area contributed by atoms with Crippen LogP contribution in [-0.4, -0.2) is 65.5 Å². The molecule has 11 heteroatoms. The van der Waals surface area contributed by atoms with E-state index in [4.69, 9.17) is 13.6 Å². The quantitative estimate of drug-likeness (QED) is 0.420. The topological polar surface area (TPSA) is 91.6 Å². The van der Waals surface area contributed by atoms with Crippen molar-refractivity contribution in [2.24, 2.45) is 0 Å². The van der Waals surface area contributed by atoms with Crippen LogP contribution in [0, 0.1) is 0 Å². The molecule has 2 saturated heterocycles. The minimum Gasteiger partial charge on any atom is -0.391 e. The van der Waals surface area contributed by atoms with Gasteiger partial charge in [0.1, 0.15) is 18.5 Å². The number of amides is 1. The van der Waals surface area contributed by atoms with E-state index in [0.717, 1.165) is 0 Å². The second-order valence-electron chi connectivity index (χ2n) is 12.0. The molecular formula is C27H36FN5O4Si. The van der Waals surface area contributed by atoms with Gasteiger partial charge in [-0.2, -0.15) is 0 Å². The summed E-state index contributed by atoms with van der Waals surface area (Å²) >= 11 is 0. The second kappa shape index (κ2) is 9.47. The third kappa shape index (κ3) is 4.16. The van der Waals surface area contributed by atoms with Crippen LogP contribution >= 0.6 is 0 Å². The average Bonchev–Trinajstić information content (AvgIpc) is 3.44. The Hall–Kier alpha value is -2.73. The molecule has 4 heterocycles. The number of hydrogen-bond donors (Lipinski definition) is 0. The van der Waals surface area contributed by atoms with Crippen molar-refractivity contribution in [2.45, 2.75) is 83.2 Å². The van der Waals surface area contributed by atoms with Gasteiger partial charge < -0.3 is 13.6 Å². The van der Waals surface area contributed by atoms with Crippen molar-refractivity contribution in [3.8, 4) is 0 Å². The Morgan fingerprint density at radius 1 is 1.11 bits per heavy atom. The highest BCUT2D eigenvalue weighted by Gasteiger charge is 2.65. The van der Waals surface area contributed by atoms with Crippen LogP contribution in [0.15, 0.2) is 43.0 Å². The van der Waals surface area contributed by atoms with Crippen molar-refractivity contribution < 1.29 is 22.8 Å². The first-order valence-electron chi connectivity index (χ1n) is 13.1. The molecular weight excluding hydrogens is 505 g/mol. The molecule has 0 spiro atoms. The zero-order chi connectivity index (χ0) is 27.5. The molecule has 0 N–H and O–H groups in total. The van der Waals surface area contributed by atoms with Crippen molar-refractivity contribution in [1.82, 2.24) is 19.5 Å². The number of benzene rings is 1. The molecule has 0 unspecified atom stereocenters. The number of alkyl halides is 1. The van der Waals surface area contributed by atoms with Gasteiger partial charge in [-0.05, 0) is 19.1 Å². The third-order valence-electron chi connectivity index (χ3n) is 7.45. The van der Waals surface area contributed by atoms with Gasteiger partial charge >= 0.3 is 8.56 Å². The number of halogens is 1. The molecule has 5 rings (SSSR count). The van der Waals surface area contributed by atoms with Gasteiger partial charge in [-0.15, -0.1) is 0 Å². The summed E-state index contributed by atoms with van der Waals surface area (Å²) in [6.07, 6.45) is -0.897. The highest BCUT2D eigenvalue weighted by molar-refractivity contribution is 6.73. The summed E-state index contributed by atoms with van der Waals surface area (Å²) < 4.78 is 37.0. The monoisotopic (exact) mass is 541 g/mol. The third-order valence-corrected chi connectivity index (χ3v) is 12.6. The molecule has 1 aromatic carbocycles. The molecule has 2 aliphatic rings. The Morgan fingerprint density at radius 3 is 2.42 bits per heavy atom. The fourth-order valence-electron chi connectivity index (χ4n) is 5.88. The molecule has 9 nitrogen and oxygen atoms in total. The summed E-state index contributed by atoms with van der Waals surface area (Å²) in [5.74, 6) is 0.160. The van der Waals surface area contributed by atoms with Gasteiger partial charge in [0, 0.05) is 22.2 Å². The van der Waals surface area contributed by atoms with E-state index in [2.05, 4.69) is 56.5 Å². The molecule has 3 aromatic rings. The molecule has 0 bridgehead atoms. The van der Waals surface area contributed by atoms with E-state index in [1.54, 1.807) is 21.6 Å². The fourth-order valence-corrected chi connectivity index (χ4v) is 10.8. The van der Waals surface area contributed by atoms with E-state index in [0.29, 0.717) is 29.1 Å². The van der Waals surface area contributed by atoms with Gasteiger partial charge in [0.25, 0.3) is 5.91 Å². The van der Waals surface area contributed by atoms with E-state index in [1.165, 1.54) is 12.7 Å². The number of anilines is 1. The SMILES string of the molecule is CCN(C(=O)c1ccccc1)c1ncnc2c1ncn2[C@@H]1O[C@@H]2CO[Si](C(C)(C)C)(C(C)(C)C)O[C@@H]2[C@H]1F. The van der Waals surface area contributed by atoms with E-state index in [-0.39, 0.29) is 22.6 Å². The first-order valence-corrected chi connectivity index (χ1v) is 14.9. The molecule has 2 fully saturated rings. The molecule has 38 heavy (non-hydrogen) atoms. The minimum atomic E-state index is -2.87. The standard InChI is InChI=1S/C27H36FN5O4Si/c1-8-32(24(34)17-12-10-9-11-13-17)22-20-23(30-15-29-22)33(16-31-20)25-19(28)21-18(36-25)14-35-38(37-21,26(2,3)4)27(5,6)7/h9-13,15-16,18-19,21,25H,8,14H2,1-7H3/t18-,19-,21+,25-/m1/s1. The molecule has 2 aliphatic heterocycles. The fraction of sp³-hybridized carbons (Fsp3) is 0.556. The van der Waals surface area contributed by atoms with E-state index >= 15 is 4.39 Å². The Kier molecular flexibility index (Phi) is 6.70. The number of nitrogens with zero attached hydrogens (tertiary/aromatic N) is 5. The maximum atomic E-state index is 16.2. The van der Waals surface area contributed by atoms with Crippen molar-refractivity contribution in [2.75, 3.05) is 18.1 Å². The largest absolute Gasteiger partial charge is 0.391 e. The highest BCUT2D eigenvalue weighted by atomic mass is 28.4. The van der Waals surface area contributed by atoms with Crippen LogP contribution in [0.1, 0.15) is 65.1 Å². The van der Waals surface area contributed by atoms with Crippen molar-refractivity contribution in [3.05, 3.63) is 48.5 Å². The van der Waals surface area contributed by atoms with Gasteiger partial charge in [0.2, 0.25) is 0 Å². The molecule has 204 valence electrons. The average molecular weight is 542 g/mol. The van der Waals surface area contributed by atoms with E-state index in [1.807, 2.05) is 25.1 Å². The normalized spacial score (nSPS) is 25.4. The summed E-state index contributed by atoms with van der Waals surface area (Å²) in [4.78, 5) is 28.1. The Morgan fingerprint density at radius 2 is 1.79 bits per heavy atom. The Balaban J connectivity index is 1.48. The number of ether oxygens (including phenoxy) is 1. The second-order valence-corrected chi connectivity index (χ2v) is 16.7. The lowest BCUT2D eigenvalue weighted by Crippen LogP contribution is -2.65. The summed E-state index contributed by atoms with van der Waals surface area (Å²) in [6.45, 7) is 15.1. The molecule has 4 atom stereocenters. The van der Waals surface area contributed by atoms with Crippen LogP contribution in [0.5, 0.6) is 0 Å². The van der Waals surface area contributed by atoms with Gasteiger partial charge in [-0.1, -0.05) is 59.7 Å². The number of carbonyl (C=O) groups excluding carboxylic acids is 1. The van der Waals surface area contributed by atoms with Crippen LogP contribution in [0.4, 0.5) is 10.2 Å². The number of rotatable bonds is 4. The van der Waals surface area contributed by atoms with Crippen molar-refractivity contribution in [1.29, 1.82) is 0 Å². The van der Waals surface area contributed by atoms with Gasteiger partial charge in [0.15, 0.2) is 29.4 Å². The van der Waals surface area contributed by atoms with E-state index < -0.39 is 33.2 Å². The highest BCUT2D eigenvalue weighted by Crippen LogP contribution is 2.56. The maximum absolute atomic E-state index is 16.2. The summed E-state index contributed by atoms with van der Waals surface area (Å²) in [6, 6.07) is 8.99. The van der Waals surface area contributed by atoms with E-state index in [9.17, 15) is 4.79 Å². The first-order chi connectivity index (χ1) is 17.9. The smallest absolute Gasteiger partial charge is 0.349 e. The Labute approximate surface area is 223 Å². The number of hydrogen-bond acceptors (Lipinski definition) is 7. The summed E-state index contributed by atoms with van der Waals surface area (Å²) in [5.41, 5.74) is 1.32. The van der Waals surface area contributed by atoms with Crippen molar-refractivity contribution >= 4 is 31.4 Å². The number of imidazole rings is 1. The number of aromatic nitrogens is 4. The first kappa shape index (κ1) is 26.9. The summed E-state index contributed by atoms with van der Waals surface area (Å²) in [5, 5.41) is -0.542. The zero-order valence-electron chi connectivity index (χ0n) is 23.0. The lowest BCUT2D eigenvalue weighted by Gasteiger charge is -2.53. The molecule has 0 aliphatic carbocycles. The van der Waals surface area contributed by atoms with Crippen LogP contribution in [-0.2, 0) is 13.6 Å². The molecule has 2 aromatic heterocycles. The predicted octanol–water partition coefficient (Wildman–Crippen LogP) is 5.19.